The molecule has 5 atom stereocenters. The van der Waals surface area contributed by atoms with Crippen molar-refractivity contribution in [3.8, 4) is 0 Å². The van der Waals surface area contributed by atoms with Gasteiger partial charge >= 0.3 is 0 Å². The first-order chi connectivity index (χ1) is 13.2. The van der Waals surface area contributed by atoms with Gasteiger partial charge in [-0.2, -0.15) is 0 Å². The number of carbonyl (C=O) groups excluding carboxylic acids is 1. The Morgan fingerprint density at radius 3 is 2.61 bits per heavy atom. The van der Waals surface area contributed by atoms with Gasteiger partial charge in [0, 0.05) is 0 Å². The summed E-state index contributed by atoms with van der Waals surface area (Å²) >= 11 is 0. The summed E-state index contributed by atoms with van der Waals surface area (Å²) in [5.41, 5.74) is 0.979. The molecule has 4 bridgehead atoms. The van der Waals surface area contributed by atoms with E-state index >= 15 is 0 Å². The van der Waals surface area contributed by atoms with E-state index in [-0.39, 0.29) is 23.3 Å². The molecule has 0 radical (unpaired) electrons. The van der Waals surface area contributed by atoms with Crippen LogP contribution >= 0.6 is 0 Å². The van der Waals surface area contributed by atoms with Crippen molar-refractivity contribution in [3.05, 3.63) is 35.9 Å². The van der Waals surface area contributed by atoms with Crippen molar-refractivity contribution in [1.82, 2.24) is 10.6 Å². The topological polar surface area (TPSA) is 41.1 Å². The van der Waals surface area contributed by atoms with E-state index in [1.807, 2.05) is 6.07 Å². The lowest BCUT2D eigenvalue weighted by Gasteiger charge is -2.65. The van der Waals surface area contributed by atoms with Crippen LogP contribution in [0.4, 0.5) is 8.78 Å². The van der Waals surface area contributed by atoms with Crippen LogP contribution in [0.3, 0.4) is 0 Å². The summed E-state index contributed by atoms with van der Waals surface area (Å²) in [6.07, 6.45) is 6.20. The van der Waals surface area contributed by atoms with Crippen LogP contribution in [-0.2, 0) is 10.2 Å². The third-order valence-electron chi connectivity index (χ3n) is 8.00. The fourth-order valence-electron chi connectivity index (χ4n) is 7.61. The molecule has 4 saturated carbocycles. The van der Waals surface area contributed by atoms with Crippen LogP contribution in [0.2, 0.25) is 0 Å². The van der Waals surface area contributed by atoms with Crippen LogP contribution in [-0.4, -0.2) is 31.0 Å². The summed E-state index contributed by atoms with van der Waals surface area (Å²) in [4.78, 5) is 13.5. The summed E-state index contributed by atoms with van der Waals surface area (Å²) in [5, 5.41) is 5.57. The van der Waals surface area contributed by atoms with Crippen molar-refractivity contribution in [2.75, 3.05) is 13.1 Å². The van der Waals surface area contributed by atoms with E-state index in [9.17, 15) is 13.6 Å². The lowest BCUT2D eigenvalue weighted by Crippen LogP contribution is -2.65. The minimum atomic E-state index is -2.88. The molecule has 1 amide bonds. The molecule has 0 spiro atoms. The summed E-state index contributed by atoms with van der Waals surface area (Å²) in [5.74, 6) is -2.48. The van der Waals surface area contributed by atoms with E-state index in [1.165, 1.54) is 12.0 Å². The third-order valence-corrected chi connectivity index (χ3v) is 8.00. The summed E-state index contributed by atoms with van der Waals surface area (Å²) in [6.45, 7) is 2.50. The maximum Gasteiger partial charge on any atom is 0.280 e. The van der Waals surface area contributed by atoms with Crippen molar-refractivity contribution < 1.29 is 13.6 Å². The first-order valence-electron chi connectivity index (χ1n) is 10.7. The largest absolute Gasteiger partial charge is 0.347 e. The number of alkyl halides is 2. The van der Waals surface area contributed by atoms with Crippen LogP contribution < -0.4 is 10.6 Å². The molecular weight excluding hydrogens is 358 g/mol. The molecular formula is C23H30F2N2O. The van der Waals surface area contributed by atoms with Gasteiger partial charge < -0.3 is 10.6 Å². The zero-order valence-corrected chi connectivity index (χ0v) is 16.6. The molecule has 2 N–H and O–H groups in total. The van der Waals surface area contributed by atoms with E-state index in [2.05, 4.69) is 41.8 Å². The quantitative estimate of drug-likeness (QED) is 0.821. The standard InChI is InChI=1S/C23H30F2N2O/c1-20-9-16-10-21(12-20,17-5-3-2-4-6-17)14-22(11-16,13-20)19(28)27-18-7-8-26-15-23(18,24)25/h2-6,16,18,26H,7-15H2,1H3,(H,27,28). The van der Waals surface area contributed by atoms with Gasteiger partial charge in [0.25, 0.3) is 5.92 Å². The SMILES string of the molecule is CC12CC3CC(C(=O)NC4CCNCC4(F)F)(C1)CC(c1ccccc1)(C3)C2. The van der Waals surface area contributed by atoms with Crippen LogP contribution in [0.25, 0.3) is 0 Å². The third kappa shape index (κ3) is 2.80. The predicted octanol–water partition coefficient (Wildman–Crippen LogP) is 4.03. The lowest BCUT2D eigenvalue weighted by atomic mass is 9.38. The van der Waals surface area contributed by atoms with Gasteiger partial charge in [0.1, 0.15) is 0 Å². The first kappa shape index (κ1) is 18.5. The summed E-state index contributed by atoms with van der Waals surface area (Å²) in [6, 6.07) is 9.55. The molecule has 5 heteroatoms. The number of amides is 1. The number of hydrogen-bond acceptors (Lipinski definition) is 2. The Balaban J connectivity index is 1.47. The maximum atomic E-state index is 14.3. The van der Waals surface area contributed by atoms with E-state index in [0.717, 1.165) is 32.1 Å². The second-order valence-corrected chi connectivity index (χ2v) is 10.5. The average Bonchev–Trinajstić information content (AvgIpc) is 2.62. The molecule has 1 aromatic carbocycles. The number of rotatable bonds is 3. The van der Waals surface area contributed by atoms with Gasteiger partial charge in [-0.25, -0.2) is 8.78 Å². The molecule has 6 rings (SSSR count). The molecule has 1 aromatic rings. The van der Waals surface area contributed by atoms with Crippen LogP contribution in [0.5, 0.6) is 0 Å². The zero-order chi connectivity index (χ0) is 19.6. The Morgan fingerprint density at radius 1 is 1.11 bits per heavy atom. The minimum absolute atomic E-state index is 0.0173. The zero-order valence-electron chi connectivity index (χ0n) is 16.6. The number of halogens is 2. The number of benzene rings is 1. The van der Waals surface area contributed by atoms with E-state index in [1.54, 1.807) is 0 Å². The van der Waals surface area contributed by atoms with Gasteiger partial charge in [0.05, 0.1) is 18.0 Å². The number of piperidine rings is 1. The fourth-order valence-corrected chi connectivity index (χ4v) is 7.61. The predicted molar refractivity (Wildman–Crippen MR) is 104 cm³/mol. The van der Waals surface area contributed by atoms with E-state index in [0.29, 0.717) is 18.9 Å². The molecule has 5 aliphatic rings. The number of carbonyl (C=O) groups is 1. The second-order valence-electron chi connectivity index (χ2n) is 10.5. The molecule has 5 unspecified atom stereocenters. The van der Waals surface area contributed by atoms with E-state index in [4.69, 9.17) is 0 Å². The average molecular weight is 389 g/mol. The Kier molecular flexibility index (Phi) is 3.98. The molecule has 5 fully saturated rings. The molecule has 1 saturated heterocycles. The molecule has 28 heavy (non-hydrogen) atoms. The van der Waals surface area contributed by atoms with Gasteiger partial charge in [-0.3, -0.25) is 4.79 Å². The van der Waals surface area contributed by atoms with Gasteiger partial charge in [0.2, 0.25) is 5.91 Å². The molecule has 1 aliphatic heterocycles. The molecule has 3 nitrogen and oxygen atoms in total. The smallest absolute Gasteiger partial charge is 0.280 e. The van der Waals surface area contributed by atoms with Crippen molar-refractivity contribution in [2.24, 2.45) is 16.7 Å². The fraction of sp³-hybridized carbons (Fsp3) is 0.696. The monoisotopic (exact) mass is 388 g/mol. The second kappa shape index (κ2) is 6.01. The minimum Gasteiger partial charge on any atom is -0.347 e. The Labute approximate surface area is 165 Å². The van der Waals surface area contributed by atoms with Gasteiger partial charge in [-0.1, -0.05) is 37.3 Å². The van der Waals surface area contributed by atoms with E-state index < -0.39 is 17.4 Å². The van der Waals surface area contributed by atoms with Gasteiger partial charge in [0.15, 0.2) is 0 Å². The molecule has 1 heterocycles. The molecule has 0 aromatic heterocycles. The van der Waals surface area contributed by atoms with Crippen molar-refractivity contribution >= 4 is 5.91 Å². The highest BCUT2D eigenvalue weighted by Gasteiger charge is 2.65. The van der Waals surface area contributed by atoms with Crippen molar-refractivity contribution in [3.63, 3.8) is 0 Å². The highest BCUT2D eigenvalue weighted by Crippen LogP contribution is 2.70. The van der Waals surface area contributed by atoms with Crippen LogP contribution in [0, 0.1) is 16.7 Å². The Hall–Kier alpha value is -1.49. The maximum absolute atomic E-state index is 14.3. The normalized spacial score (nSPS) is 43.7. The summed E-state index contributed by atoms with van der Waals surface area (Å²) in [7, 11) is 0. The Bertz CT molecular complexity index is 784. The van der Waals surface area contributed by atoms with Gasteiger partial charge in [-0.15, -0.1) is 0 Å². The Morgan fingerprint density at radius 2 is 1.89 bits per heavy atom. The van der Waals surface area contributed by atoms with Crippen molar-refractivity contribution in [1.29, 1.82) is 0 Å². The lowest BCUT2D eigenvalue weighted by molar-refractivity contribution is -0.164. The number of hydrogen-bond donors (Lipinski definition) is 2. The van der Waals surface area contributed by atoms with Gasteiger partial charge in [-0.05, 0) is 73.8 Å². The summed E-state index contributed by atoms with van der Waals surface area (Å²) < 4.78 is 28.7. The van der Waals surface area contributed by atoms with Crippen LogP contribution in [0.1, 0.15) is 57.4 Å². The highest BCUT2D eigenvalue weighted by molar-refractivity contribution is 5.84. The molecule has 152 valence electrons. The van der Waals surface area contributed by atoms with Crippen molar-refractivity contribution in [2.45, 2.75) is 69.2 Å². The highest BCUT2D eigenvalue weighted by atomic mass is 19.3. The number of nitrogens with one attached hydrogen (secondary N) is 2. The van der Waals surface area contributed by atoms with Crippen LogP contribution in [0.15, 0.2) is 30.3 Å². The first-order valence-corrected chi connectivity index (χ1v) is 10.7. The molecule has 4 aliphatic carbocycles.